The van der Waals surface area contributed by atoms with Crippen LogP contribution in [-0.4, -0.2) is 11.5 Å². The third-order valence-electron chi connectivity index (χ3n) is 1.77. The molecule has 4 heteroatoms. The second-order valence-electron chi connectivity index (χ2n) is 3.22. The van der Waals surface area contributed by atoms with Crippen molar-refractivity contribution >= 4 is 46.5 Å². The summed E-state index contributed by atoms with van der Waals surface area (Å²) in [5.41, 5.74) is 0. The van der Waals surface area contributed by atoms with Gasteiger partial charge in [-0.3, -0.25) is 0 Å². The lowest BCUT2D eigenvalue weighted by molar-refractivity contribution is 1.10. The Bertz CT molecular complexity index is 265. The van der Waals surface area contributed by atoms with Crippen LogP contribution in [0, 0.1) is 0 Å². The fourth-order valence-corrected chi connectivity index (χ4v) is 5.09. The molecular formula is C11H17ClS3. The molecule has 15 heavy (non-hydrogen) atoms. The van der Waals surface area contributed by atoms with Gasteiger partial charge in [0, 0.05) is 4.88 Å². The van der Waals surface area contributed by atoms with E-state index in [1.165, 1.54) is 29.2 Å². The zero-order valence-electron chi connectivity index (χ0n) is 9.16. The number of hydrogen-bond acceptors (Lipinski definition) is 3. The highest BCUT2D eigenvalue weighted by Crippen LogP contribution is 2.43. The van der Waals surface area contributed by atoms with E-state index in [4.69, 9.17) is 11.6 Å². The van der Waals surface area contributed by atoms with Crippen molar-refractivity contribution in [1.29, 1.82) is 0 Å². The number of hydrogen-bond donors (Lipinski definition) is 0. The molecule has 0 aromatic carbocycles. The van der Waals surface area contributed by atoms with Gasteiger partial charge in [0.25, 0.3) is 0 Å². The highest BCUT2D eigenvalue weighted by atomic mass is 35.5. The molecule has 0 radical (unpaired) electrons. The van der Waals surface area contributed by atoms with Gasteiger partial charge in [-0.15, -0.1) is 34.9 Å². The molecule has 1 heterocycles. The summed E-state index contributed by atoms with van der Waals surface area (Å²) in [5.74, 6) is 2.47. The molecule has 0 bridgehead atoms. The molecule has 1 aromatic heterocycles. The lowest BCUT2D eigenvalue weighted by Gasteiger charge is -2.13. The van der Waals surface area contributed by atoms with Crippen LogP contribution in [0.1, 0.15) is 36.1 Å². The van der Waals surface area contributed by atoms with Gasteiger partial charge in [-0.05, 0) is 36.5 Å². The molecule has 0 amide bonds. The summed E-state index contributed by atoms with van der Waals surface area (Å²) in [5, 5.41) is 0. The Morgan fingerprint density at radius 2 is 1.80 bits per heavy atom. The van der Waals surface area contributed by atoms with Crippen molar-refractivity contribution in [2.24, 2.45) is 0 Å². The molecule has 0 saturated carbocycles. The molecule has 0 atom stereocenters. The van der Waals surface area contributed by atoms with E-state index in [0.717, 1.165) is 4.34 Å². The van der Waals surface area contributed by atoms with Crippen LogP contribution in [0.5, 0.6) is 0 Å². The summed E-state index contributed by atoms with van der Waals surface area (Å²) in [6.45, 7) is 4.46. The van der Waals surface area contributed by atoms with Crippen molar-refractivity contribution in [2.45, 2.75) is 31.3 Å². The Kier molecular flexibility index (Phi) is 7.23. The summed E-state index contributed by atoms with van der Waals surface area (Å²) in [7, 11) is 0. The molecule has 0 aliphatic heterocycles. The highest BCUT2D eigenvalue weighted by molar-refractivity contribution is 8.16. The van der Waals surface area contributed by atoms with E-state index in [1.54, 1.807) is 11.3 Å². The minimum atomic E-state index is 0.586. The van der Waals surface area contributed by atoms with E-state index in [-0.39, 0.29) is 0 Å². The second kappa shape index (κ2) is 7.88. The molecule has 86 valence electrons. The summed E-state index contributed by atoms with van der Waals surface area (Å²) in [4.78, 5) is 1.41. The minimum absolute atomic E-state index is 0.586. The second-order valence-corrected chi connectivity index (χ2v) is 7.69. The molecule has 0 spiro atoms. The van der Waals surface area contributed by atoms with Gasteiger partial charge < -0.3 is 0 Å². The first-order chi connectivity index (χ1) is 7.27. The summed E-state index contributed by atoms with van der Waals surface area (Å²) >= 11 is 11.8. The average molecular weight is 281 g/mol. The Balaban J connectivity index is 2.54. The Labute approximate surface area is 110 Å². The molecule has 0 N–H and O–H groups in total. The van der Waals surface area contributed by atoms with E-state index in [2.05, 4.69) is 19.9 Å². The van der Waals surface area contributed by atoms with Gasteiger partial charge in [0.1, 0.15) is 0 Å². The summed E-state index contributed by atoms with van der Waals surface area (Å²) in [6, 6.07) is 4.18. The molecule has 0 aliphatic carbocycles. The van der Waals surface area contributed by atoms with Crippen LogP contribution in [0.3, 0.4) is 0 Å². The molecule has 1 rings (SSSR count). The van der Waals surface area contributed by atoms with Crippen molar-refractivity contribution in [3.8, 4) is 0 Å². The first-order valence-corrected chi connectivity index (χ1v) is 8.55. The van der Waals surface area contributed by atoms with Gasteiger partial charge >= 0.3 is 0 Å². The van der Waals surface area contributed by atoms with Gasteiger partial charge in [0.15, 0.2) is 0 Å². The third-order valence-corrected chi connectivity index (χ3v) is 6.59. The quantitative estimate of drug-likeness (QED) is 0.589. The molecule has 0 aliphatic rings. The fraction of sp³-hybridized carbons (Fsp3) is 0.636. The van der Waals surface area contributed by atoms with E-state index >= 15 is 0 Å². The zero-order chi connectivity index (χ0) is 11.1. The average Bonchev–Trinajstić information content (AvgIpc) is 2.65. The van der Waals surface area contributed by atoms with Crippen LogP contribution < -0.4 is 0 Å². The Hall–Kier alpha value is 0.690. The van der Waals surface area contributed by atoms with Gasteiger partial charge in [-0.2, -0.15) is 0 Å². The van der Waals surface area contributed by atoms with Crippen LogP contribution in [0.4, 0.5) is 0 Å². The summed E-state index contributed by atoms with van der Waals surface area (Å²) in [6.07, 6.45) is 2.49. The SMILES string of the molecule is CCCSC(SCCC)c1ccc(Cl)s1. The van der Waals surface area contributed by atoms with Crippen molar-refractivity contribution in [1.82, 2.24) is 0 Å². The van der Waals surface area contributed by atoms with Crippen LogP contribution >= 0.6 is 46.5 Å². The van der Waals surface area contributed by atoms with E-state index in [0.29, 0.717) is 4.58 Å². The maximum Gasteiger partial charge on any atom is 0.0931 e. The van der Waals surface area contributed by atoms with Crippen molar-refractivity contribution in [2.75, 3.05) is 11.5 Å². The number of thiophene rings is 1. The first kappa shape index (κ1) is 13.8. The standard InChI is InChI=1S/C11H17ClS3/c1-3-7-13-11(14-8-4-2)9-5-6-10(12)15-9/h5-6,11H,3-4,7-8H2,1-2H3. The van der Waals surface area contributed by atoms with Gasteiger partial charge in [-0.1, -0.05) is 25.4 Å². The number of halogens is 1. The lowest BCUT2D eigenvalue weighted by atomic mass is 10.5. The highest BCUT2D eigenvalue weighted by Gasteiger charge is 2.13. The van der Waals surface area contributed by atoms with E-state index in [9.17, 15) is 0 Å². The number of rotatable bonds is 7. The van der Waals surface area contributed by atoms with Crippen molar-refractivity contribution < 1.29 is 0 Å². The van der Waals surface area contributed by atoms with Gasteiger partial charge in [0.2, 0.25) is 0 Å². The van der Waals surface area contributed by atoms with Crippen LogP contribution in [-0.2, 0) is 0 Å². The molecule has 0 nitrogen and oxygen atoms in total. The van der Waals surface area contributed by atoms with Gasteiger partial charge in [-0.25, -0.2) is 0 Å². The smallest absolute Gasteiger partial charge is 0.0931 e. The Morgan fingerprint density at radius 3 is 2.20 bits per heavy atom. The predicted octanol–water partition coefficient (Wildman–Crippen LogP) is 5.69. The Morgan fingerprint density at radius 1 is 1.20 bits per heavy atom. The minimum Gasteiger partial charge on any atom is -0.142 e. The normalized spacial score (nSPS) is 11.2. The molecule has 0 fully saturated rings. The van der Waals surface area contributed by atoms with Crippen molar-refractivity contribution in [3.05, 3.63) is 21.3 Å². The molecule has 0 unspecified atom stereocenters. The van der Waals surface area contributed by atoms with E-state index in [1.807, 2.05) is 29.6 Å². The maximum atomic E-state index is 5.97. The van der Waals surface area contributed by atoms with Crippen molar-refractivity contribution in [3.63, 3.8) is 0 Å². The topological polar surface area (TPSA) is 0 Å². The fourth-order valence-electron chi connectivity index (χ4n) is 1.12. The monoisotopic (exact) mass is 280 g/mol. The third kappa shape index (κ3) is 5.03. The largest absolute Gasteiger partial charge is 0.142 e. The zero-order valence-corrected chi connectivity index (χ0v) is 12.4. The van der Waals surface area contributed by atoms with Crippen LogP contribution in [0.2, 0.25) is 4.34 Å². The first-order valence-electron chi connectivity index (χ1n) is 5.26. The number of thioether (sulfide) groups is 2. The molecule has 1 aromatic rings. The molecule has 0 saturated heterocycles. The van der Waals surface area contributed by atoms with Gasteiger partial charge in [0.05, 0.1) is 8.92 Å². The summed E-state index contributed by atoms with van der Waals surface area (Å²) < 4.78 is 1.49. The van der Waals surface area contributed by atoms with Crippen LogP contribution in [0.15, 0.2) is 12.1 Å². The van der Waals surface area contributed by atoms with Crippen LogP contribution in [0.25, 0.3) is 0 Å². The van der Waals surface area contributed by atoms with E-state index < -0.39 is 0 Å². The lowest BCUT2D eigenvalue weighted by Crippen LogP contribution is -1.89. The molecular weight excluding hydrogens is 264 g/mol. The maximum absolute atomic E-state index is 5.97. The predicted molar refractivity (Wildman–Crippen MR) is 77.6 cm³/mol.